The molecule has 0 saturated heterocycles. The number of imidazole rings is 1. The van der Waals surface area contributed by atoms with Crippen molar-refractivity contribution >= 4 is 51.5 Å². The lowest BCUT2D eigenvalue weighted by Gasteiger charge is -2.18. The van der Waals surface area contributed by atoms with Crippen molar-refractivity contribution in [1.29, 1.82) is 5.26 Å². The predicted molar refractivity (Wildman–Crippen MR) is 189 cm³/mol. The second kappa shape index (κ2) is 15.9. The van der Waals surface area contributed by atoms with E-state index in [0.29, 0.717) is 28.1 Å². The molecule has 268 valence electrons. The third kappa shape index (κ3) is 7.91. The van der Waals surface area contributed by atoms with Gasteiger partial charge in [-0.15, -0.1) is 0 Å². The normalized spacial score (nSPS) is 11.0. The molecule has 6 aromatic rings. The van der Waals surface area contributed by atoms with E-state index in [9.17, 15) is 33.7 Å². The molecule has 6 N–H and O–H groups in total. The number of hydrogen-bond acceptors (Lipinski definition) is 13. The Bertz CT molecular complexity index is 2400. The van der Waals surface area contributed by atoms with Crippen molar-refractivity contribution in [1.82, 2.24) is 40.1 Å². The Morgan fingerprint density at radius 2 is 1.62 bits per heavy atom. The number of carbonyl (C=O) groups excluding carboxylic acids is 2. The van der Waals surface area contributed by atoms with E-state index in [-0.39, 0.29) is 45.7 Å². The molecular formula is C34H29F2N13O4. The van der Waals surface area contributed by atoms with Gasteiger partial charge in [-0.2, -0.15) is 5.26 Å². The van der Waals surface area contributed by atoms with E-state index < -0.39 is 28.5 Å². The van der Waals surface area contributed by atoms with Crippen LogP contribution in [0.5, 0.6) is 0 Å². The fourth-order valence-electron chi connectivity index (χ4n) is 5.20. The molecule has 0 radical (unpaired) electrons. The summed E-state index contributed by atoms with van der Waals surface area (Å²) in [6.07, 6.45) is 6.11. The molecule has 0 unspecified atom stereocenters. The van der Waals surface area contributed by atoms with Gasteiger partial charge >= 0.3 is 0 Å². The van der Waals surface area contributed by atoms with Crippen molar-refractivity contribution in [2.75, 3.05) is 30.5 Å². The lowest BCUT2D eigenvalue weighted by Crippen LogP contribution is -2.20. The third-order valence-electron chi connectivity index (χ3n) is 7.54. The van der Waals surface area contributed by atoms with Crippen LogP contribution in [0.15, 0.2) is 79.6 Å². The summed E-state index contributed by atoms with van der Waals surface area (Å²) >= 11 is 0. The largest absolute Gasteiger partial charge is 0.382 e. The molecular weight excluding hydrogens is 692 g/mol. The van der Waals surface area contributed by atoms with E-state index >= 15 is 0 Å². The van der Waals surface area contributed by atoms with Gasteiger partial charge in [0.15, 0.2) is 0 Å². The number of pyridine rings is 2. The highest BCUT2D eigenvalue weighted by molar-refractivity contribution is 6.05. The summed E-state index contributed by atoms with van der Waals surface area (Å²) in [4.78, 5) is 55.0. The van der Waals surface area contributed by atoms with Gasteiger partial charge in [-0.3, -0.25) is 34.2 Å². The van der Waals surface area contributed by atoms with Gasteiger partial charge < -0.3 is 27.0 Å². The van der Waals surface area contributed by atoms with Crippen LogP contribution in [0.3, 0.4) is 0 Å². The number of nitrogens with two attached hydrogens (primary N) is 1. The van der Waals surface area contributed by atoms with E-state index in [1.807, 2.05) is 6.07 Å². The molecule has 1 atom stereocenters. The quantitative estimate of drug-likeness (QED) is 0.102. The monoisotopic (exact) mass is 721 g/mol. The van der Waals surface area contributed by atoms with E-state index in [2.05, 4.69) is 46.2 Å². The summed E-state index contributed by atoms with van der Waals surface area (Å²) in [5.41, 5.74) is 7.62. The van der Waals surface area contributed by atoms with Gasteiger partial charge in [0.25, 0.3) is 17.5 Å². The van der Waals surface area contributed by atoms with Crippen LogP contribution >= 0.6 is 0 Å². The molecule has 0 aliphatic rings. The predicted octanol–water partition coefficient (Wildman–Crippen LogP) is 4.57. The number of hydrogen-bond donors (Lipinski definition) is 5. The Morgan fingerprint density at radius 1 is 0.962 bits per heavy atom. The molecule has 17 nitrogen and oxygen atoms in total. The van der Waals surface area contributed by atoms with E-state index in [1.165, 1.54) is 57.1 Å². The minimum Gasteiger partial charge on any atom is -0.382 e. The number of nitro benzene ring substituents is 1. The number of benzene rings is 2. The van der Waals surface area contributed by atoms with E-state index in [1.54, 1.807) is 29.7 Å². The van der Waals surface area contributed by atoms with Crippen LogP contribution < -0.4 is 27.0 Å². The Kier molecular flexibility index (Phi) is 11.0. The number of carbonyl (C=O) groups is 2. The van der Waals surface area contributed by atoms with Crippen LogP contribution in [0, 0.1) is 33.1 Å². The highest BCUT2D eigenvalue weighted by Crippen LogP contribution is 2.32. The van der Waals surface area contributed by atoms with Crippen molar-refractivity contribution < 1.29 is 23.3 Å². The number of rotatable bonds is 9. The van der Waals surface area contributed by atoms with Crippen molar-refractivity contribution in [3.8, 4) is 11.8 Å². The standard InChI is InChI=1S/C21H18FN9O.C13H11FN4O3/c1-11(29-19-15(7-23)18(24)27-10-28-19)20-30-16-5-3-4-14(21(32)25-2)17(16)31(20)13-6-12(22)8-26-9-13;1-15-13(19)10-3-2-4-11(18(20)21)12(10)17-9-5-8(14)6-16-7-9/h3-6,8-11H,1-2H3,(H,25,32)(H3,24,27,28,29);2-7,17H,1H3,(H,15,19)/t11-;/m0./s1. The second-order valence-corrected chi connectivity index (χ2v) is 10.9. The van der Waals surface area contributed by atoms with Crippen molar-refractivity contribution in [3.05, 3.63) is 124 Å². The Labute approximate surface area is 299 Å². The average Bonchev–Trinajstić information content (AvgIpc) is 3.55. The van der Waals surface area contributed by atoms with Crippen molar-refractivity contribution in [2.24, 2.45) is 0 Å². The molecule has 0 bridgehead atoms. The first-order valence-corrected chi connectivity index (χ1v) is 15.5. The summed E-state index contributed by atoms with van der Waals surface area (Å²) in [5, 5.41) is 31.3. The zero-order valence-corrected chi connectivity index (χ0v) is 28.1. The molecule has 6 rings (SSSR count). The lowest BCUT2D eigenvalue weighted by molar-refractivity contribution is -0.383. The number of nitrogens with one attached hydrogen (secondary N) is 4. The Balaban J connectivity index is 0.000000224. The van der Waals surface area contributed by atoms with E-state index in [0.717, 1.165) is 18.5 Å². The number of amides is 2. The van der Waals surface area contributed by atoms with Gasteiger partial charge in [-0.25, -0.2) is 23.7 Å². The number of para-hydroxylation sites is 2. The number of aromatic nitrogens is 6. The maximum absolute atomic E-state index is 14.0. The summed E-state index contributed by atoms with van der Waals surface area (Å²) in [6.45, 7) is 1.80. The van der Waals surface area contributed by atoms with Gasteiger partial charge in [0, 0.05) is 32.3 Å². The van der Waals surface area contributed by atoms with Crippen LogP contribution in [0.2, 0.25) is 0 Å². The Morgan fingerprint density at radius 3 is 2.28 bits per heavy atom. The van der Waals surface area contributed by atoms with Gasteiger partial charge in [-0.1, -0.05) is 12.1 Å². The molecule has 0 spiro atoms. The number of nitrogens with zero attached hydrogens (tertiary/aromatic N) is 8. The molecule has 2 amide bonds. The van der Waals surface area contributed by atoms with E-state index in [4.69, 9.17) is 5.73 Å². The second-order valence-electron chi connectivity index (χ2n) is 10.9. The maximum Gasteiger partial charge on any atom is 0.293 e. The number of anilines is 4. The molecule has 53 heavy (non-hydrogen) atoms. The SMILES string of the molecule is CNC(=O)c1cccc([N+](=O)[O-])c1Nc1cncc(F)c1.CNC(=O)c1cccc2nc([C@H](C)Nc3ncnc(N)c3C#N)n(-c3cncc(F)c3)c12. The smallest absolute Gasteiger partial charge is 0.293 e. The summed E-state index contributed by atoms with van der Waals surface area (Å²) in [5.74, 6) is -1.22. The van der Waals surface area contributed by atoms with Gasteiger partial charge in [0.2, 0.25) is 0 Å². The molecule has 4 aromatic heterocycles. The molecule has 19 heteroatoms. The average molecular weight is 722 g/mol. The fraction of sp³-hybridized carbons (Fsp3) is 0.118. The topological polar surface area (TPSA) is 245 Å². The third-order valence-corrected chi connectivity index (χ3v) is 7.54. The van der Waals surface area contributed by atoms with Gasteiger partial charge in [-0.05, 0) is 25.1 Å². The minimum absolute atomic E-state index is 0.0192. The molecule has 0 aliphatic heterocycles. The van der Waals surface area contributed by atoms with Crippen LogP contribution in [0.1, 0.15) is 45.1 Å². The first-order valence-electron chi connectivity index (χ1n) is 15.5. The van der Waals surface area contributed by atoms with Crippen LogP contribution in [0.4, 0.5) is 37.5 Å². The van der Waals surface area contributed by atoms with Crippen LogP contribution in [-0.2, 0) is 0 Å². The van der Waals surface area contributed by atoms with Crippen LogP contribution in [0.25, 0.3) is 16.7 Å². The zero-order valence-electron chi connectivity index (χ0n) is 28.1. The molecule has 0 fully saturated rings. The van der Waals surface area contributed by atoms with Gasteiger partial charge in [0.05, 0.1) is 69.3 Å². The first kappa shape index (κ1) is 36.7. The molecule has 2 aromatic carbocycles. The molecule has 0 saturated carbocycles. The lowest BCUT2D eigenvalue weighted by atomic mass is 10.1. The fourth-order valence-corrected chi connectivity index (χ4v) is 5.20. The highest BCUT2D eigenvalue weighted by Gasteiger charge is 2.24. The van der Waals surface area contributed by atoms with Crippen LogP contribution in [-0.4, -0.2) is 60.3 Å². The van der Waals surface area contributed by atoms with Crippen molar-refractivity contribution in [3.63, 3.8) is 0 Å². The van der Waals surface area contributed by atoms with Crippen molar-refractivity contribution in [2.45, 2.75) is 13.0 Å². The number of nitriles is 1. The number of nitrogen functional groups attached to an aromatic ring is 1. The molecule has 4 heterocycles. The summed E-state index contributed by atoms with van der Waals surface area (Å²) < 4.78 is 28.8. The maximum atomic E-state index is 14.0. The first-order chi connectivity index (χ1) is 25.5. The van der Waals surface area contributed by atoms with Gasteiger partial charge in [0.1, 0.15) is 52.7 Å². The summed E-state index contributed by atoms with van der Waals surface area (Å²) in [6, 6.07) is 13.1. The highest BCUT2D eigenvalue weighted by atomic mass is 19.1. The number of fused-ring (bicyclic) bond motifs is 1. The number of nitro groups is 1. The minimum atomic E-state index is -0.624. The number of halogens is 2. The Hall–Kier alpha value is -7.62. The summed E-state index contributed by atoms with van der Waals surface area (Å²) in [7, 11) is 2.94. The zero-order chi connectivity index (χ0) is 38.2. The molecule has 0 aliphatic carbocycles.